The summed E-state index contributed by atoms with van der Waals surface area (Å²) in [5.41, 5.74) is 2.29. The average molecular weight is 436 g/mol. The number of aromatic nitrogens is 2. The number of anilines is 1. The number of thioether (sulfide) groups is 1. The first-order valence-corrected chi connectivity index (χ1v) is 10.9. The Morgan fingerprint density at radius 3 is 2.83 bits per heavy atom. The molecular weight excluding hydrogens is 418 g/mol. The lowest BCUT2D eigenvalue weighted by Gasteiger charge is -2.17. The summed E-state index contributed by atoms with van der Waals surface area (Å²) < 4.78 is 1.50. The predicted octanol–water partition coefficient (Wildman–Crippen LogP) is 5.06. The molecule has 150 valence electrons. The summed E-state index contributed by atoms with van der Waals surface area (Å²) in [6, 6.07) is 13.2. The van der Waals surface area contributed by atoms with Crippen molar-refractivity contribution in [3.05, 3.63) is 74.3 Å². The van der Waals surface area contributed by atoms with Crippen LogP contribution in [0.25, 0.3) is 16.6 Å². The molecule has 0 aliphatic heterocycles. The zero-order chi connectivity index (χ0) is 21.3. The molecule has 8 heteroatoms. The Morgan fingerprint density at radius 2 is 2.20 bits per heavy atom. The standard InChI is InChI=1S/C22H18ClN5OS/c1-25-12-20(30-2)26-21-16-9-14(11-24)15(13-7-8-13)10-19(16)28(22(29)27-21)18-6-4-3-5-17(18)23/h3-6,9-10,12-13H,1,7-8H2,2H3,(H,26,27,29)/b20-12-. The van der Waals surface area contributed by atoms with E-state index in [4.69, 9.17) is 11.6 Å². The Labute approximate surface area is 182 Å². The van der Waals surface area contributed by atoms with Gasteiger partial charge in [-0.15, -0.1) is 11.8 Å². The molecule has 0 amide bonds. The van der Waals surface area contributed by atoms with E-state index < -0.39 is 5.69 Å². The molecule has 2 aromatic carbocycles. The highest BCUT2D eigenvalue weighted by molar-refractivity contribution is 8.02. The second-order valence-corrected chi connectivity index (χ2v) is 8.13. The summed E-state index contributed by atoms with van der Waals surface area (Å²) in [6.07, 6.45) is 5.51. The second-order valence-electron chi connectivity index (χ2n) is 6.88. The monoisotopic (exact) mass is 435 g/mol. The van der Waals surface area contributed by atoms with E-state index in [9.17, 15) is 10.1 Å². The molecule has 0 saturated heterocycles. The van der Waals surface area contributed by atoms with Crippen LogP contribution in [0.1, 0.15) is 29.9 Å². The van der Waals surface area contributed by atoms with Gasteiger partial charge >= 0.3 is 5.69 Å². The van der Waals surface area contributed by atoms with Crippen molar-refractivity contribution < 1.29 is 0 Å². The lowest BCUT2D eigenvalue weighted by Crippen LogP contribution is -2.24. The van der Waals surface area contributed by atoms with Gasteiger partial charge in [0.25, 0.3) is 0 Å². The molecule has 1 fully saturated rings. The largest absolute Gasteiger partial charge is 0.354 e. The minimum Gasteiger partial charge on any atom is -0.333 e. The van der Waals surface area contributed by atoms with Gasteiger partial charge in [0.2, 0.25) is 0 Å². The van der Waals surface area contributed by atoms with Gasteiger partial charge in [0.15, 0.2) is 0 Å². The van der Waals surface area contributed by atoms with Gasteiger partial charge in [-0.05, 0) is 61.6 Å². The molecule has 0 atom stereocenters. The lowest BCUT2D eigenvalue weighted by molar-refractivity contribution is 0.958. The van der Waals surface area contributed by atoms with E-state index in [1.165, 1.54) is 16.3 Å². The highest BCUT2D eigenvalue weighted by atomic mass is 35.5. The van der Waals surface area contributed by atoms with Gasteiger partial charge in [-0.1, -0.05) is 23.7 Å². The van der Waals surface area contributed by atoms with Crippen molar-refractivity contribution in [2.75, 3.05) is 11.6 Å². The number of fused-ring (bicyclic) bond motifs is 1. The van der Waals surface area contributed by atoms with Crippen molar-refractivity contribution >= 4 is 46.8 Å². The Balaban J connectivity index is 2.06. The summed E-state index contributed by atoms with van der Waals surface area (Å²) >= 11 is 7.82. The van der Waals surface area contributed by atoms with Crippen LogP contribution < -0.4 is 11.0 Å². The van der Waals surface area contributed by atoms with E-state index in [1.807, 2.05) is 24.5 Å². The Hall–Kier alpha value is -3.08. The molecule has 1 aliphatic rings. The number of para-hydroxylation sites is 1. The third-order valence-electron chi connectivity index (χ3n) is 4.96. The maximum Gasteiger partial charge on any atom is 0.354 e. The lowest BCUT2D eigenvalue weighted by atomic mass is 10.0. The molecule has 1 N–H and O–H groups in total. The van der Waals surface area contributed by atoms with Crippen molar-refractivity contribution in [1.82, 2.24) is 9.55 Å². The number of rotatable bonds is 6. The zero-order valence-electron chi connectivity index (χ0n) is 16.2. The fraction of sp³-hybridized carbons (Fsp3) is 0.182. The molecule has 0 spiro atoms. The molecule has 0 bridgehead atoms. The highest BCUT2D eigenvalue weighted by Crippen LogP contribution is 2.43. The molecule has 0 unspecified atom stereocenters. The molecular formula is C22H18ClN5OS. The Kier molecular flexibility index (Phi) is 5.62. The van der Waals surface area contributed by atoms with Crippen molar-refractivity contribution in [1.29, 1.82) is 5.26 Å². The molecule has 6 nitrogen and oxygen atoms in total. The Bertz CT molecular complexity index is 1290. The number of nitrogens with zero attached hydrogens (tertiary/aromatic N) is 4. The molecule has 1 aromatic heterocycles. The summed E-state index contributed by atoms with van der Waals surface area (Å²) in [7, 11) is 0. The van der Waals surface area contributed by atoms with Gasteiger partial charge in [-0.25, -0.2) is 4.79 Å². The van der Waals surface area contributed by atoms with Crippen LogP contribution >= 0.6 is 23.4 Å². The third-order valence-corrected chi connectivity index (χ3v) is 5.93. The first kappa shape index (κ1) is 20.2. The number of nitriles is 1. The number of halogens is 1. The fourth-order valence-electron chi connectivity index (χ4n) is 3.41. The van der Waals surface area contributed by atoms with E-state index in [1.54, 1.807) is 24.4 Å². The molecule has 1 heterocycles. The summed E-state index contributed by atoms with van der Waals surface area (Å²) in [5, 5.41) is 14.6. The molecule has 4 rings (SSSR count). The molecule has 1 saturated carbocycles. The van der Waals surface area contributed by atoms with Crippen molar-refractivity contribution in [3.8, 4) is 11.8 Å². The van der Waals surface area contributed by atoms with Crippen molar-refractivity contribution in [2.24, 2.45) is 4.99 Å². The number of nitrogens with one attached hydrogen (secondary N) is 1. The van der Waals surface area contributed by atoms with Crippen LogP contribution in [0.4, 0.5) is 5.82 Å². The van der Waals surface area contributed by atoms with Crippen LogP contribution in [-0.4, -0.2) is 22.5 Å². The van der Waals surface area contributed by atoms with Gasteiger partial charge in [0.1, 0.15) is 5.82 Å². The normalized spacial score (nSPS) is 13.8. The van der Waals surface area contributed by atoms with Crippen LogP contribution in [0.15, 0.2) is 57.4 Å². The fourth-order valence-corrected chi connectivity index (χ4v) is 4.01. The quantitative estimate of drug-likeness (QED) is 0.547. The highest BCUT2D eigenvalue weighted by Gasteiger charge is 2.28. The van der Waals surface area contributed by atoms with Crippen LogP contribution in [0, 0.1) is 11.3 Å². The van der Waals surface area contributed by atoms with E-state index >= 15 is 0 Å². The van der Waals surface area contributed by atoms with Crippen LogP contribution in [-0.2, 0) is 0 Å². The maximum atomic E-state index is 13.1. The maximum absolute atomic E-state index is 13.1. The van der Waals surface area contributed by atoms with Crippen LogP contribution in [0.3, 0.4) is 0 Å². The van der Waals surface area contributed by atoms with Gasteiger partial charge < -0.3 is 5.32 Å². The second kappa shape index (κ2) is 8.34. The topological polar surface area (TPSA) is 83.1 Å². The predicted molar refractivity (Wildman–Crippen MR) is 124 cm³/mol. The number of aliphatic imine (C=N–C) groups is 1. The minimum absolute atomic E-state index is 0.343. The number of hydrogen-bond donors (Lipinski definition) is 1. The van der Waals surface area contributed by atoms with E-state index in [0.717, 1.165) is 18.4 Å². The van der Waals surface area contributed by atoms with Gasteiger partial charge in [-0.3, -0.25) is 9.56 Å². The summed E-state index contributed by atoms with van der Waals surface area (Å²) in [6.45, 7) is 3.48. The van der Waals surface area contributed by atoms with Gasteiger partial charge in [0.05, 0.1) is 39.1 Å². The minimum atomic E-state index is -0.462. The van der Waals surface area contributed by atoms with Gasteiger partial charge in [0, 0.05) is 5.39 Å². The van der Waals surface area contributed by atoms with E-state index in [-0.39, 0.29) is 0 Å². The number of benzene rings is 2. The van der Waals surface area contributed by atoms with Crippen LogP contribution in [0.5, 0.6) is 0 Å². The van der Waals surface area contributed by atoms with Crippen molar-refractivity contribution in [2.45, 2.75) is 18.8 Å². The molecule has 3 aromatic rings. The number of hydrogen-bond acceptors (Lipinski definition) is 6. The molecule has 0 radical (unpaired) electrons. The van der Waals surface area contributed by atoms with Crippen molar-refractivity contribution in [3.63, 3.8) is 0 Å². The van der Waals surface area contributed by atoms with E-state index in [2.05, 4.69) is 28.1 Å². The third kappa shape index (κ3) is 3.72. The first-order chi connectivity index (χ1) is 14.6. The first-order valence-electron chi connectivity index (χ1n) is 9.30. The Morgan fingerprint density at radius 1 is 1.43 bits per heavy atom. The summed E-state index contributed by atoms with van der Waals surface area (Å²) in [4.78, 5) is 21.2. The average Bonchev–Trinajstić information content (AvgIpc) is 3.59. The molecule has 30 heavy (non-hydrogen) atoms. The summed E-state index contributed by atoms with van der Waals surface area (Å²) in [5.74, 6) is 0.705. The SMILES string of the molecule is C=N/C=C(/Nc1nc(=O)n(-c2ccccc2Cl)c2cc(C3CC3)c(C#N)cc12)SC. The van der Waals surface area contributed by atoms with E-state index in [0.29, 0.717) is 43.9 Å². The zero-order valence-corrected chi connectivity index (χ0v) is 17.8. The molecule has 1 aliphatic carbocycles. The van der Waals surface area contributed by atoms with Gasteiger partial charge in [-0.2, -0.15) is 10.2 Å². The smallest absolute Gasteiger partial charge is 0.333 e. The van der Waals surface area contributed by atoms with Crippen LogP contribution in [0.2, 0.25) is 5.02 Å².